The Kier molecular flexibility index (Phi) is 8.09. The van der Waals surface area contributed by atoms with Gasteiger partial charge in [-0.1, -0.05) is 23.7 Å². The van der Waals surface area contributed by atoms with Gasteiger partial charge in [-0.05, 0) is 68.4 Å². The number of rotatable bonds is 8. The summed E-state index contributed by atoms with van der Waals surface area (Å²) in [6.07, 6.45) is 0. The quantitative estimate of drug-likeness (QED) is 0.390. The van der Waals surface area contributed by atoms with Gasteiger partial charge in [0.2, 0.25) is 0 Å². The Balaban J connectivity index is 1.30. The number of carbonyl (C=O) groups excluding carboxylic acids is 1. The van der Waals surface area contributed by atoms with E-state index in [1.807, 2.05) is 59.3 Å². The molecular formula is C29H33ClN6O3. The average molecular weight is 549 g/mol. The summed E-state index contributed by atoms with van der Waals surface area (Å²) in [7, 11) is 0. The summed E-state index contributed by atoms with van der Waals surface area (Å²) in [5.74, 6) is 2.19. The van der Waals surface area contributed by atoms with Gasteiger partial charge in [-0.2, -0.15) is 0 Å². The summed E-state index contributed by atoms with van der Waals surface area (Å²) < 4.78 is 11.6. The Morgan fingerprint density at radius 1 is 1.05 bits per heavy atom. The van der Waals surface area contributed by atoms with E-state index in [1.54, 1.807) is 24.3 Å². The Morgan fingerprint density at radius 2 is 1.79 bits per heavy atom. The topological polar surface area (TPSA) is 95.7 Å². The van der Waals surface area contributed by atoms with E-state index in [9.17, 15) is 4.79 Å². The summed E-state index contributed by atoms with van der Waals surface area (Å²) in [4.78, 5) is 22.1. The van der Waals surface area contributed by atoms with Crippen molar-refractivity contribution in [3.05, 3.63) is 71.8 Å². The number of hydrazine groups is 1. The second-order valence-electron chi connectivity index (χ2n) is 9.43. The Bertz CT molecular complexity index is 1340. The van der Waals surface area contributed by atoms with Crippen molar-refractivity contribution in [2.45, 2.75) is 19.9 Å². The molecule has 1 atom stereocenters. The van der Waals surface area contributed by atoms with Crippen molar-refractivity contribution >= 4 is 46.1 Å². The highest BCUT2D eigenvalue weighted by atomic mass is 35.5. The molecule has 3 aromatic rings. The predicted octanol–water partition coefficient (Wildman–Crippen LogP) is 4.81. The lowest BCUT2D eigenvalue weighted by molar-refractivity contribution is -0.135. The average Bonchev–Trinajstić information content (AvgIpc) is 2.96. The Labute approximate surface area is 233 Å². The number of anilines is 3. The van der Waals surface area contributed by atoms with Crippen LogP contribution in [-0.2, 0) is 4.79 Å². The standard InChI is InChI=1S/C29H33ClN6O3/c1-3-38-27-7-5-4-6-26(27)36-29(32-24-13-10-22(31)18-25(24)33-36)20(2)34-14-16-35(17-15-34)28(37)19-39-23-11-8-21(30)9-12-23/h4-13,18,20,33H,3,14-17,19,31H2,1-2H3. The SMILES string of the molecule is CCOc1ccccc1N1Nc2cc(N)ccc2N=C1C(C)N1CCN(C(=O)COc2ccc(Cl)cc2)CC1. The third-order valence-electron chi connectivity index (χ3n) is 6.89. The zero-order valence-corrected chi connectivity index (χ0v) is 22.9. The number of halogens is 1. The molecule has 2 aliphatic heterocycles. The molecule has 1 saturated heterocycles. The molecule has 2 heterocycles. The number of nitrogens with zero attached hydrogens (tertiary/aromatic N) is 4. The zero-order valence-electron chi connectivity index (χ0n) is 22.1. The normalized spacial score (nSPS) is 16.1. The number of benzene rings is 3. The number of nitrogens with two attached hydrogens (primary N) is 1. The molecule has 5 rings (SSSR count). The van der Waals surface area contributed by atoms with E-state index < -0.39 is 0 Å². The van der Waals surface area contributed by atoms with Crippen molar-refractivity contribution in [1.29, 1.82) is 0 Å². The first-order valence-corrected chi connectivity index (χ1v) is 13.5. The number of amides is 1. The number of para-hydroxylation sites is 2. The van der Waals surface area contributed by atoms with Crippen LogP contribution >= 0.6 is 11.6 Å². The van der Waals surface area contributed by atoms with E-state index >= 15 is 0 Å². The van der Waals surface area contributed by atoms with Crippen LogP contribution in [0.3, 0.4) is 0 Å². The number of hydrogen-bond acceptors (Lipinski definition) is 8. The van der Waals surface area contributed by atoms with Crippen LogP contribution in [0.15, 0.2) is 71.7 Å². The number of fused-ring (bicyclic) bond motifs is 1. The molecule has 1 unspecified atom stereocenters. The van der Waals surface area contributed by atoms with Crippen LogP contribution in [0, 0.1) is 0 Å². The molecule has 1 amide bonds. The molecule has 204 valence electrons. The van der Waals surface area contributed by atoms with Gasteiger partial charge in [0, 0.05) is 36.9 Å². The number of piperazine rings is 1. The maximum atomic E-state index is 12.8. The van der Waals surface area contributed by atoms with Crippen LogP contribution in [-0.4, -0.2) is 67.0 Å². The van der Waals surface area contributed by atoms with Crippen molar-refractivity contribution in [2.75, 3.05) is 55.6 Å². The molecule has 2 aliphatic rings. The third kappa shape index (κ3) is 6.05. The molecule has 39 heavy (non-hydrogen) atoms. The molecule has 3 aromatic carbocycles. The highest BCUT2D eigenvalue weighted by molar-refractivity contribution is 6.30. The minimum absolute atomic E-state index is 0.00425. The van der Waals surface area contributed by atoms with Crippen molar-refractivity contribution < 1.29 is 14.3 Å². The van der Waals surface area contributed by atoms with Crippen LogP contribution in [0.25, 0.3) is 0 Å². The van der Waals surface area contributed by atoms with E-state index in [-0.39, 0.29) is 18.6 Å². The van der Waals surface area contributed by atoms with Gasteiger partial charge in [0.05, 0.1) is 24.0 Å². The molecule has 0 aliphatic carbocycles. The molecule has 0 saturated carbocycles. The molecule has 0 bridgehead atoms. The summed E-state index contributed by atoms with van der Waals surface area (Å²) >= 11 is 5.93. The lowest BCUT2D eigenvalue weighted by Gasteiger charge is -2.42. The molecule has 10 heteroatoms. The third-order valence-corrected chi connectivity index (χ3v) is 7.14. The lowest BCUT2D eigenvalue weighted by atomic mass is 10.1. The molecule has 3 N–H and O–H groups in total. The number of nitrogens with one attached hydrogen (secondary N) is 1. The maximum Gasteiger partial charge on any atom is 0.260 e. The van der Waals surface area contributed by atoms with Gasteiger partial charge in [0.1, 0.15) is 23.0 Å². The molecule has 0 radical (unpaired) electrons. The fourth-order valence-corrected chi connectivity index (χ4v) is 4.89. The van der Waals surface area contributed by atoms with E-state index in [4.69, 9.17) is 31.8 Å². The first kappa shape index (κ1) is 26.6. The Morgan fingerprint density at radius 3 is 2.54 bits per heavy atom. The molecule has 9 nitrogen and oxygen atoms in total. The maximum absolute atomic E-state index is 12.8. The highest BCUT2D eigenvalue weighted by Crippen LogP contribution is 2.37. The predicted molar refractivity (Wildman–Crippen MR) is 156 cm³/mol. The highest BCUT2D eigenvalue weighted by Gasteiger charge is 2.33. The van der Waals surface area contributed by atoms with Gasteiger partial charge >= 0.3 is 0 Å². The van der Waals surface area contributed by atoms with Crippen LogP contribution in [0.1, 0.15) is 13.8 Å². The largest absolute Gasteiger partial charge is 0.492 e. The van der Waals surface area contributed by atoms with E-state index in [0.29, 0.717) is 49.2 Å². The zero-order chi connectivity index (χ0) is 27.4. The van der Waals surface area contributed by atoms with Gasteiger partial charge in [0.25, 0.3) is 5.91 Å². The lowest BCUT2D eigenvalue weighted by Crippen LogP contribution is -2.57. The first-order chi connectivity index (χ1) is 18.9. The van der Waals surface area contributed by atoms with Gasteiger partial charge < -0.3 is 20.1 Å². The summed E-state index contributed by atoms with van der Waals surface area (Å²) in [6, 6.07) is 20.5. The van der Waals surface area contributed by atoms with Gasteiger partial charge in [-0.25, -0.2) is 10.0 Å². The van der Waals surface area contributed by atoms with Crippen molar-refractivity contribution in [2.24, 2.45) is 4.99 Å². The summed E-state index contributed by atoms with van der Waals surface area (Å²) in [6.45, 7) is 7.29. The van der Waals surface area contributed by atoms with Crippen molar-refractivity contribution in [3.63, 3.8) is 0 Å². The number of nitrogen functional groups attached to an aromatic ring is 1. The fraction of sp³-hybridized carbons (Fsp3) is 0.310. The smallest absolute Gasteiger partial charge is 0.260 e. The van der Waals surface area contributed by atoms with E-state index in [1.165, 1.54) is 0 Å². The van der Waals surface area contributed by atoms with Gasteiger partial charge in [-0.15, -0.1) is 0 Å². The number of carbonyl (C=O) groups is 1. The number of hydrogen-bond donors (Lipinski definition) is 2. The molecule has 0 aromatic heterocycles. The molecular weight excluding hydrogens is 516 g/mol. The van der Waals surface area contributed by atoms with Crippen LogP contribution < -0.4 is 25.6 Å². The van der Waals surface area contributed by atoms with E-state index in [0.717, 1.165) is 28.6 Å². The second-order valence-corrected chi connectivity index (χ2v) is 9.87. The minimum Gasteiger partial charge on any atom is -0.492 e. The van der Waals surface area contributed by atoms with Crippen LogP contribution in [0.4, 0.5) is 22.7 Å². The van der Waals surface area contributed by atoms with Crippen molar-refractivity contribution in [3.8, 4) is 11.5 Å². The summed E-state index contributed by atoms with van der Waals surface area (Å²) in [5, 5.41) is 2.61. The molecule has 1 fully saturated rings. The summed E-state index contributed by atoms with van der Waals surface area (Å²) in [5.41, 5.74) is 12.8. The van der Waals surface area contributed by atoms with Gasteiger partial charge in [-0.3, -0.25) is 15.1 Å². The second kappa shape index (κ2) is 11.8. The van der Waals surface area contributed by atoms with Crippen LogP contribution in [0.2, 0.25) is 5.02 Å². The first-order valence-electron chi connectivity index (χ1n) is 13.1. The Hall–Kier alpha value is -3.95. The van der Waals surface area contributed by atoms with Crippen LogP contribution in [0.5, 0.6) is 11.5 Å². The fourth-order valence-electron chi connectivity index (χ4n) is 4.76. The molecule has 0 spiro atoms. The monoisotopic (exact) mass is 548 g/mol. The minimum atomic E-state index is -0.0412. The number of aliphatic imine (C=N–C) groups is 1. The van der Waals surface area contributed by atoms with Gasteiger partial charge in [0.15, 0.2) is 6.61 Å². The number of ether oxygens (including phenoxy) is 2. The van der Waals surface area contributed by atoms with Crippen molar-refractivity contribution in [1.82, 2.24) is 9.80 Å². The van der Waals surface area contributed by atoms with E-state index in [2.05, 4.69) is 17.2 Å². The number of amidine groups is 1.